The standard InChI is InChI=1S/C11H24N4O2/c1-14-6-4-12-2-3-13-5-7-15(9-8-14)10-11(16)17/h12-13H,2-10H2,1H3,(H,16,17). The SMILES string of the molecule is CN1CCNCCNCCN(CC(=O)O)CC1. The van der Waals surface area contributed by atoms with Crippen LogP contribution in [-0.2, 0) is 4.79 Å². The number of likely N-dealkylation sites (N-methyl/N-ethyl adjacent to an activating group) is 1. The van der Waals surface area contributed by atoms with E-state index in [0.29, 0.717) is 0 Å². The Labute approximate surface area is 103 Å². The van der Waals surface area contributed by atoms with E-state index in [-0.39, 0.29) is 6.54 Å². The van der Waals surface area contributed by atoms with E-state index in [1.807, 2.05) is 4.90 Å². The monoisotopic (exact) mass is 244 g/mol. The molecule has 6 heteroatoms. The van der Waals surface area contributed by atoms with Gasteiger partial charge in [0.05, 0.1) is 6.54 Å². The predicted molar refractivity (Wildman–Crippen MR) is 67.3 cm³/mol. The summed E-state index contributed by atoms with van der Waals surface area (Å²) < 4.78 is 0. The first-order valence-corrected chi connectivity index (χ1v) is 6.22. The van der Waals surface area contributed by atoms with E-state index in [9.17, 15) is 4.79 Å². The number of rotatable bonds is 2. The summed E-state index contributed by atoms with van der Waals surface area (Å²) in [6, 6.07) is 0. The molecule has 0 aromatic heterocycles. The highest BCUT2D eigenvalue weighted by atomic mass is 16.4. The topological polar surface area (TPSA) is 67.8 Å². The van der Waals surface area contributed by atoms with Gasteiger partial charge in [0.2, 0.25) is 0 Å². The Bertz CT molecular complexity index is 226. The van der Waals surface area contributed by atoms with E-state index in [1.165, 1.54) is 0 Å². The molecule has 0 amide bonds. The van der Waals surface area contributed by atoms with Crippen LogP contribution in [0.3, 0.4) is 0 Å². The number of carbonyl (C=O) groups is 1. The largest absolute Gasteiger partial charge is 0.480 e. The van der Waals surface area contributed by atoms with Crippen molar-refractivity contribution in [2.24, 2.45) is 0 Å². The second kappa shape index (κ2) is 8.41. The van der Waals surface area contributed by atoms with Crippen molar-refractivity contribution in [1.82, 2.24) is 20.4 Å². The minimum Gasteiger partial charge on any atom is -0.480 e. The third-order valence-corrected chi connectivity index (χ3v) is 2.91. The van der Waals surface area contributed by atoms with E-state index in [4.69, 9.17) is 5.11 Å². The maximum atomic E-state index is 10.7. The minimum absolute atomic E-state index is 0.133. The summed E-state index contributed by atoms with van der Waals surface area (Å²) >= 11 is 0. The van der Waals surface area contributed by atoms with E-state index < -0.39 is 5.97 Å². The average Bonchev–Trinajstić information content (AvgIpc) is 2.26. The molecule has 17 heavy (non-hydrogen) atoms. The van der Waals surface area contributed by atoms with Crippen molar-refractivity contribution in [2.45, 2.75) is 0 Å². The number of carboxylic acid groups (broad SMARTS) is 1. The lowest BCUT2D eigenvalue weighted by Gasteiger charge is -2.25. The summed E-state index contributed by atoms with van der Waals surface area (Å²) in [7, 11) is 2.07. The molecular weight excluding hydrogens is 220 g/mol. The van der Waals surface area contributed by atoms with Crippen LogP contribution in [0, 0.1) is 0 Å². The average molecular weight is 244 g/mol. The van der Waals surface area contributed by atoms with E-state index in [0.717, 1.165) is 52.4 Å². The summed E-state index contributed by atoms with van der Waals surface area (Å²) in [6.45, 7) is 7.38. The van der Waals surface area contributed by atoms with Gasteiger partial charge in [-0.1, -0.05) is 0 Å². The van der Waals surface area contributed by atoms with E-state index in [2.05, 4.69) is 22.6 Å². The molecule has 3 N–H and O–H groups in total. The van der Waals surface area contributed by atoms with Crippen LogP contribution in [0.5, 0.6) is 0 Å². The van der Waals surface area contributed by atoms with Crippen LogP contribution in [0.25, 0.3) is 0 Å². The van der Waals surface area contributed by atoms with Crippen molar-refractivity contribution in [3.8, 4) is 0 Å². The highest BCUT2D eigenvalue weighted by Gasteiger charge is 2.10. The number of aliphatic carboxylic acids is 1. The fraction of sp³-hybridized carbons (Fsp3) is 0.909. The first kappa shape index (κ1) is 14.4. The predicted octanol–water partition coefficient (Wildman–Crippen LogP) is -1.50. The number of hydrogen-bond acceptors (Lipinski definition) is 5. The van der Waals surface area contributed by atoms with Gasteiger partial charge < -0.3 is 20.6 Å². The van der Waals surface area contributed by atoms with Crippen molar-refractivity contribution < 1.29 is 9.90 Å². The quantitative estimate of drug-likeness (QED) is 0.549. The molecule has 0 atom stereocenters. The van der Waals surface area contributed by atoms with Crippen molar-refractivity contribution in [2.75, 3.05) is 66.0 Å². The Kier molecular flexibility index (Phi) is 7.11. The zero-order valence-electron chi connectivity index (χ0n) is 10.6. The maximum Gasteiger partial charge on any atom is 0.317 e. The normalized spacial score (nSPS) is 22.6. The smallest absolute Gasteiger partial charge is 0.317 e. The molecule has 0 saturated carbocycles. The van der Waals surface area contributed by atoms with Gasteiger partial charge in [-0.2, -0.15) is 0 Å². The van der Waals surface area contributed by atoms with Gasteiger partial charge in [0, 0.05) is 52.4 Å². The van der Waals surface area contributed by atoms with Crippen LogP contribution in [-0.4, -0.2) is 86.8 Å². The van der Waals surface area contributed by atoms with Gasteiger partial charge in [0.25, 0.3) is 0 Å². The highest BCUT2D eigenvalue weighted by Crippen LogP contribution is 1.91. The fourth-order valence-electron chi connectivity index (χ4n) is 1.82. The summed E-state index contributed by atoms with van der Waals surface area (Å²) in [4.78, 5) is 15.0. The maximum absolute atomic E-state index is 10.7. The van der Waals surface area contributed by atoms with E-state index in [1.54, 1.807) is 0 Å². The molecule has 6 nitrogen and oxygen atoms in total. The molecule has 1 saturated heterocycles. The van der Waals surface area contributed by atoms with Crippen molar-refractivity contribution in [3.63, 3.8) is 0 Å². The third kappa shape index (κ3) is 7.27. The lowest BCUT2D eigenvalue weighted by Crippen LogP contribution is -2.43. The first-order chi connectivity index (χ1) is 8.18. The molecule has 0 unspecified atom stereocenters. The van der Waals surface area contributed by atoms with Crippen LogP contribution in [0.1, 0.15) is 0 Å². The molecule has 0 aliphatic carbocycles. The van der Waals surface area contributed by atoms with Crippen LogP contribution >= 0.6 is 0 Å². The van der Waals surface area contributed by atoms with Crippen LogP contribution < -0.4 is 10.6 Å². The Hall–Kier alpha value is -0.690. The summed E-state index contributed by atoms with van der Waals surface area (Å²) in [5.41, 5.74) is 0. The molecule has 1 fully saturated rings. The molecule has 1 aliphatic heterocycles. The van der Waals surface area contributed by atoms with Crippen molar-refractivity contribution in [3.05, 3.63) is 0 Å². The van der Waals surface area contributed by atoms with Gasteiger partial charge in [0.1, 0.15) is 0 Å². The van der Waals surface area contributed by atoms with Crippen LogP contribution in [0.4, 0.5) is 0 Å². The Morgan fingerprint density at radius 2 is 1.71 bits per heavy atom. The number of carboxylic acids is 1. The summed E-state index contributed by atoms with van der Waals surface area (Å²) in [6.07, 6.45) is 0. The molecule has 1 rings (SSSR count). The highest BCUT2D eigenvalue weighted by molar-refractivity contribution is 5.69. The van der Waals surface area contributed by atoms with Gasteiger partial charge in [-0.05, 0) is 7.05 Å². The Balaban J connectivity index is 2.37. The van der Waals surface area contributed by atoms with Crippen molar-refractivity contribution >= 4 is 5.97 Å². The lowest BCUT2D eigenvalue weighted by molar-refractivity contribution is -0.138. The molecular formula is C11H24N4O2. The van der Waals surface area contributed by atoms with Gasteiger partial charge in [0.15, 0.2) is 0 Å². The van der Waals surface area contributed by atoms with Gasteiger partial charge in [-0.25, -0.2) is 0 Å². The second-order valence-corrected chi connectivity index (χ2v) is 4.47. The molecule has 0 bridgehead atoms. The molecule has 100 valence electrons. The fourth-order valence-corrected chi connectivity index (χ4v) is 1.82. The summed E-state index contributed by atoms with van der Waals surface area (Å²) in [5.74, 6) is -0.749. The molecule has 0 aromatic rings. The number of nitrogens with one attached hydrogen (secondary N) is 2. The molecule has 1 aliphatic rings. The minimum atomic E-state index is -0.749. The van der Waals surface area contributed by atoms with Crippen LogP contribution in [0.2, 0.25) is 0 Å². The zero-order valence-corrected chi connectivity index (χ0v) is 10.6. The summed E-state index contributed by atoms with van der Waals surface area (Å²) in [5, 5.41) is 15.5. The molecule has 0 aromatic carbocycles. The zero-order chi connectivity index (χ0) is 12.5. The number of hydrogen-bond donors (Lipinski definition) is 3. The second-order valence-electron chi connectivity index (χ2n) is 4.47. The van der Waals surface area contributed by atoms with Crippen LogP contribution in [0.15, 0.2) is 0 Å². The Morgan fingerprint density at radius 3 is 2.35 bits per heavy atom. The Morgan fingerprint density at radius 1 is 1.06 bits per heavy atom. The van der Waals surface area contributed by atoms with Gasteiger partial charge in [-0.15, -0.1) is 0 Å². The third-order valence-electron chi connectivity index (χ3n) is 2.91. The lowest BCUT2D eigenvalue weighted by atomic mass is 10.4. The van der Waals surface area contributed by atoms with Gasteiger partial charge >= 0.3 is 5.97 Å². The number of nitrogens with zero attached hydrogens (tertiary/aromatic N) is 2. The van der Waals surface area contributed by atoms with Crippen molar-refractivity contribution in [1.29, 1.82) is 0 Å². The van der Waals surface area contributed by atoms with E-state index >= 15 is 0 Å². The molecule has 1 heterocycles. The molecule has 0 spiro atoms. The van der Waals surface area contributed by atoms with Gasteiger partial charge in [-0.3, -0.25) is 9.69 Å². The first-order valence-electron chi connectivity index (χ1n) is 6.22. The molecule has 0 radical (unpaired) electrons.